The van der Waals surface area contributed by atoms with Gasteiger partial charge in [-0.05, 0) is 24.8 Å². The van der Waals surface area contributed by atoms with Crippen LogP contribution in [-0.4, -0.2) is 35.8 Å². The van der Waals surface area contributed by atoms with Crippen molar-refractivity contribution in [2.75, 3.05) is 24.6 Å². The molecule has 0 aromatic carbocycles. The van der Waals surface area contributed by atoms with Crippen LogP contribution in [0.3, 0.4) is 0 Å². The predicted molar refractivity (Wildman–Crippen MR) is 68.2 cm³/mol. The van der Waals surface area contributed by atoms with Gasteiger partial charge in [0.1, 0.15) is 0 Å². The summed E-state index contributed by atoms with van der Waals surface area (Å²) in [5, 5.41) is 0. The van der Waals surface area contributed by atoms with E-state index in [-0.39, 0.29) is 0 Å². The van der Waals surface area contributed by atoms with E-state index in [0.717, 1.165) is 37.6 Å². The van der Waals surface area contributed by atoms with Gasteiger partial charge in [-0.15, -0.1) is 0 Å². The Kier molecular flexibility index (Phi) is 3.94. The number of ether oxygens (including phenoxy) is 1. The number of aryl methyl sites for hydroxylation is 1. The number of hydrogen-bond donors (Lipinski definition) is 0. The Morgan fingerprint density at radius 3 is 2.76 bits per heavy atom. The Morgan fingerprint density at radius 2 is 2.12 bits per heavy atom. The van der Waals surface area contributed by atoms with Crippen molar-refractivity contribution in [1.82, 2.24) is 9.97 Å². The van der Waals surface area contributed by atoms with Gasteiger partial charge in [0, 0.05) is 32.1 Å². The lowest BCUT2D eigenvalue weighted by Gasteiger charge is -2.17. The lowest BCUT2D eigenvalue weighted by molar-refractivity contribution is 0.0496. The van der Waals surface area contributed by atoms with Gasteiger partial charge in [0.2, 0.25) is 5.95 Å². The Hall–Kier alpha value is -1.16. The Labute approximate surface area is 103 Å². The maximum atomic E-state index is 5.84. The van der Waals surface area contributed by atoms with Crippen LogP contribution in [0.2, 0.25) is 0 Å². The highest BCUT2D eigenvalue weighted by Gasteiger charge is 2.24. The number of aromatic nitrogens is 2. The summed E-state index contributed by atoms with van der Waals surface area (Å²) in [5.74, 6) is 1.42. The zero-order valence-corrected chi connectivity index (χ0v) is 10.9. The molecule has 1 aromatic heterocycles. The summed E-state index contributed by atoms with van der Waals surface area (Å²) in [7, 11) is 0. The molecule has 1 aliphatic rings. The summed E-state index contributed by atoms with van der Waals surface area (Å²) in [5.41, 5.74) is 1.10. The second kappa shape index (κ2) is 5.45. The summed E-state index contributed by atoms with van der Waals surface area (Å²) in [6.07, 6.45) is 5.14. The summed E-state index contributed by atoms with van der Waals surface area (Å²) in [6.45, 7) is 9.10. The standard InChI is InChI=1S/C13H21N3O/c1-10(2)9-17-12-4-5-16(8-12)13-14-6-11(3)7-15-13/h6-7,10,12H,4-5,8-9H2,1-3H3. The van der Waals surface area contributed by atoms with Crippen LogP contribution in [0, 0.1) is 12.8 Å². The van der Waals surface area contributed by atoms with Crippen molar-refractivity contribution in [2.45, 2.75) is 33.3 Å². The second-order valence-electron chi connectivity index (χ2n) is 5.14. The quantitative estimate of drug-likeness (QED) is 0.800. The van der Waals surface area contributed by atoms with Crippen LogP contribution in [0.25, 0.3) is 0 Å². The molecule has 0 bridgehead atoms. The molecule has 1 aromatic rings. The Bertz CT molecular complexity index is 350. The lowest BCUT2D eigenvalue weighted by atomic mass is 10.2. The molecule has 0 radical (unpaired) electrons. The highest BCUT2D eigenvalue weighted by molar-refractivity contribution is 5.31. The van der Waals surface area contributed by atoms with Gasteiger partial charge in [0.05, 0.1) is 6.10 Å². The molecule has 2 rings (SSSR count). The first-order valence-corrected chi connectivity index (χ1v) is 6.30. The van der Waals surface area contributed by atoms with Crippen LogP contribution >= 0.6 is 0 Å². The van der Waals surface area contributed by atoms with E-state index >= 15 is 0 Å². The third-order valence-electron chi connectivity index (χ3n) is 2.86. The molecule has 17 heavy (non-hydrogen) atoms. The fraction of sp³-hybridized carbons (Fsp3) is 0.692. The van der Waals surface area contributed by atoms with Crippen molar-refractivity contribution < 1.29 is 4.74 Å². The molecule has 1 saturated heterocycles. The Balaban J connectivity index is 1.87. The van der Waals surface area contributed by atoms with Crippen molar-refractivity contribution in [1.29, 1.82) is 0 Å². The topological polar surface area (TPSA) is 38.2 Å². The second-order valence-corrected chi connectivity index (χ2v) is 5.14. The normalized spacial score (nSPS) is 20.2. The van der Waals surface area contributed by atoms with Gasteiger partial charge in [0.25, 0.3) is 0 Å². The highest BCUT2D eigenvalue weighted by Crippen LogP contribution is 2.18. The van der Waals surface area contributed by atoms with E-state index < -0.39 is 0 Å². The molecule has 0 aliphatic carbocycles. The van der Waals surface area contributed by atoms with Crippen LogP contribution in [0.4, 0.5) is 5.95 Å². The number of anilines is 1. The summed E-state index contributed by atoms with van der Waals surface area (Å²) < 4.78 is 5.84. The molecule has 0 saturated carbocycles. The minimum Gasteiger partial charge on any atom is -0.376 e. The van der Waals surface area contributed by atoms with E-state index in [4.69, 9.17) is 4.74 Å². The first-order chi connectivity index (χ1) is 8.15. The van der Waals surface area contributed by atoms with Gasteiger partial charge < -0.3 is 9.64 Å². The Morgan fingerprint density at radius 1 is 1.41 bits per heavy atom. The van der Waals surface area contributed by atoms with E-state index in [0.29, 0.717) is 12.0 Å². The molecule has 4 nitrogen and oxygen atoms in total. The van der Waals surface area contributed by atoms with Gasteiger partial charge in [-0.25, -0.2) is 9.97 Å². The number of rotatable bonds is 4. The van der Waals surface area contributed by atoms with Gasteiger partial charge in [-0.2, -0.15) is 0 Å². The lowest BCUT2D eigenvalue weighted by Crippen LogP contribution is -2.25. The van der Waals surface area contributed by atoms with Crippen LogP contribution in [0.5, 0.6) is 0 Å². The molecule has 1 atom stereocenters. The molecular weight excluding hydrogens is 214 g/mol. The van der Waals surface area contributed by atoms with Crippen LogP contribution < -0.4 is 4.90 Å². The van der Waals surface area contributed by atoms with Crippen molar-refractivity contribution in [3.63, 3.8) is 0 Å². The maximum absolute atomic E-state index is 5.84. The largest absolute Gasteiger partial charge is 0.376 e. The molecule has 0 spiro atoms. The third kappa shape index (κ3) is 3.40. The molecule has 1 unspecified atom stereocenters. The summed E-state index contributed by atoms with van der Waals surface area (Å²) in [6, 6.07) is 0. The van der Waals surface area contributed by atoms with Gasteiger partial charge in [-0.1, -0.05) is 13.8 Å². The van der Waals surface area contributed by atoms with E-state index in [2.05, 4.69) is 28.7 Å². The SMILES string of the molecule is Cc1cnc(N2CCC(OCC(C)C)C2)nc1. The summed E-state index contributed by atoms with van der Waals surface area (Å²) in [4.78, 5) is 10.9. The van der Waals surface area contributed by atoms with Crippen molar-refractivity contribution in [2.24, 2.45) is 5.92 Å². The fourth-order valence-corrected chi connectivity index (χ4v) is 1.92. The van der Waals surface area contributed by atoms with Gasteiger partial charge >= 0.3 is 0 Å². The number of hydrogen-bond acceptors (Lipinski definition) is 4. The first kappa shape index (κ1) is 12.3. The molecule has 0 amide bonds. The minimum absolute atomic E-state index is 0.335. The average molecular weight is 235 g/mol. The number of nitrogens with zero attached hydrogens (tertiary/aromatic N) is 3. The van der Waals surface area contributed by atoms with Crippen molar-refractivity contribution in [3.05, 3.63) is 18.0 Å². The highest BCUT2D eigenvalue weighted by atomic mass is 16.5. The summed E-state index contributed by atoms with van der Waals surface area (Å²) >= 11 is 0. The average Bonchev–Trinajstić information content (AvgIpc) is 2.76. The van der Waals surface area contributed by atoms with Crippen molar-refractivity contribution in [3.8, 4) is 0 Å². The van der Waals surface area contributed by atoms with Crippen molar-refractivity contribution >= 4 is 5.95 Å². The smallest absolute Gasteiger partial charge is 0.225 e. The maximum Gasteiger partial charge on any atom is 0.225 e. The molecule has 0 N–H and O–H groups in total. The van der Waals surface area contributed by atoms with E-state index in [1.165, 1.54) is 0 Å². The molecular formula is C13H21N3O. The van der Waals surface area contributed by atoms with E-state index in [1.54, 1.807) is 0 Å². The zero-order valence-electron chi connectivity index (χ0n) is 10.9. The first-order valence-electron chi connectivity index (χ1n) is 6.30. The molecule has 4 heteroatoms. The van der Waals surface area contributed by atoms with Crippen LogP contribution in [0.1, 0.15) is 25.8 Å². The predicted octanol–water partition coefficient (Wildman–Crippen LogP) is 2.04. The molecule has 94 valence electrons. The minimum atomic E-state index is 0.335. The van der Waals surface area contributed by atoms with Gasteiger partial charge in [-0.3, -0.25) is 0 Å². The zero-order chi connectivity index (χ0) is 12.3. The van der Waals surface area contributed by atoms with E-state index in [9.17, 15) is 0 Å². The third-order valence-corrected chi connectivity index (χ3v) is 2.86. The molecule has 2 heterocycles. The van der Waals surface area contributed by atoms with Gasteiger partial charge in [0.15, 0.2) is 0 Å². The van der Waals surface area contributed by atoms with E-state index in [1.807, 2.05) is 19.3 Å². The van der Waals surface area contributed by atoms with Crippen LogP contribution in [0.15, 0.2) is 12.4 Å². The fourth-order valence-electron chi connectivity index (χ4n) is 1.92. The molecule has 1 fully saturated rings. The molecule has 1 aliphatic heterocycles. The monoisotopic (exact) mass is 235 g/mol. The van der Waals surface area contributed by atoms with Crippen LogP contribution in [-0.2, 0) is 4.74 Å².